The molecule has 4 aromatic rings. The van der Waals surface area contributed by atoms with E-state index in [0.29, 0.717) is 11.1 Å². The van der Waals surface area contributed by atoms with Crippen molar-refractivity contribution < 1.29 is 14.3 Å². The maximum absolute atomic E-state index is 13.5. The second kappa shape index (κ2) is 13.2. The lowest BCUT2D eigenvalue weighted by molar-refractivity contribution is -0.145. The number of aryl methyl sites for hydroxylation is 1. The zero-order chi connectivity index (χ0) is 28.5. The van der Waals surface area contributed by atoms with Crippen LogP contribution in [0, 0.1) is 18.3 Å². The summed E-state index contributed by atoms with van der Waals surface area (Å²) in [6, 6.07) is 31.7. The van der Waals surface area contributed by atoms with Crippen LogP contribution in [0.2, 0.25) is 0 Å². The van der Waals surface area contributed by atoms with Crippen molar-refractivity contribution in [2.45, 2.75) is 19.4 Å². The Morgan fingerprint density at radius 3 is 2.27 bits per heavy atom. The van der Waals surface area contributed by atoms with Gasteiger partial charge in [0.2, 0.25) is 0 Å². The summed E-state index contributed by atoms with van der Waals surface area (Å²) in [6.07, 6.45) is 3.99. The highest BCUT2D eigenvalue weighted by Crippen LogP contribution is 2.24. The summed E-state index contributed by atoms with van der Waals surface area (Å²) < 4.78 is 5.17. The number of amidine groups is 1. The molecule has 1 amide bonds. The second-order valence-electron chi connectivity index (χ2n) is 9.61. The molecule has 0 fully saturated rings. The standard InChI is InChI=1S/C34H33N3O3/c1-23-9-6-7-14-29(23)26-16-18-27(19-17-26)33(38)37-31(20-15-24-10-4-3-5-11-24)30(34(39)40-2)22-25-12-8-13-28(21-25)32(35)36/h3-21,30-31H,22H2,1-2H3,(H3,35,36)(H,37,38)/b20-15+/t30-,31-/m0/s1. The highest BCUT2D eigenvalue weighted by molar-refractivity contribution is 5.96. The molecule has 0 aromatic heterocycles. The average Bonchev–Trinajstić information content (AvgIpc) is 2.98. The Kier molecular flexibility index (Phi) is 9.26. The monoisotopic (exact) mass is 531 g/mol. The van der Waals surface area contributed by atoms with Crippen molar-refractivity contribution in [3.63, 3.8) is 0 Å². The molecule has 0 heterocycles. The number of hydrogen-bond donors (Lipinski definition) is 3. The zero-order valence-electron chi connectivity index (χ0n) is 22.6. The second-order valence-corrected chi connectivity index (χ2v) is 9.61. The molecular formula is C34H33N3O3. The van der Waals surface area contributed by atoms with Crippen LogP contribution < -0.4 is 11.1 Å². The first-order valence-corrected chi connectivity index (χ1v) is 13.1. The third-order valence-electron chi connectivity index (χ3n) is 6.83. The van der Waals surface area contributed by atoms with Gasteiger partial charge < -0.3 is 15.8 Å². The number of hydrogen-bond acceptors (Lipinski definition) is 4. The molecule has 0 saturated heterocycles. The van der Waals surface area contributed by atoms with E-state index in [9.17, 15) is 9.59 Å². The lowest BCUT2D eigenvalue weighted by Crippen LogP contribution is -2.43. The van der Waals surface area contributed by atoms with Crippen LogP contribution in [-0.4, -0.2) is 30.9 Å². The van der Waals surface area contributed by atoms with Gasteiger partial charge in [-0.1, -0.05) is 97.1 Å². The maximum Gasteiger partial charge on any atom is 0.311 e. The molecule has 0 aliphatic rings. The van der Waals surface area contributed by atoms with E-state index in [1.807, 2.05) is 72.8 Å². The largest absolute Gasteiger partial charge is 0.469 e. The van der Waals surface area contributed by atoms with Gasteiger partial charge in [0.1, 0.15) is 5.84 Å². The molecule has 4 N–H and O–H groups in total. The number of methoxy groups -OCH3 is 1. The Morgan fingerprint density at radius 2 is 1.60 bits per heavy atom. The number of nitrogen functional groups attached to an aromatic ring is 1. The number of ether oxygens (including phenoxy) is 1. The topological polar surface area (TPSA) is 105 Å². The van der Waals surface area contributed by atoms with E-state index in [1.165, 1.54) is 7.11 Å². The molecule has 40 heavy (non-hydrogen) atoms. The van der Waals surface area contributed by atoms with Gasteiger partial charge >= 0.3 is 5.97 Å². The summed E-state index contributed by atoms with van der Waals surface area (Å²) in [6.45, 7) is 2.05. The fourth-order valence-corrected chi connectivity index (χ4v) is 4.62. The number of nitrogens with one attached hydrogen (secondary N) is 2. The first kappa shape index (κ1) is 28.0. The average molecular weight is 532 g/mol. The Morgan fingerprint density at radius 1 is 0.900 bits per heavy atom. The third-order valence-corrected chi connectivity index (χ3v) is 6.83. The van der Waals surface area contributed by atoms with Gasteiger partial charge in [-0.25, -0.2) is 0 Å². The SMILES string of the molecule is COC(=O)[C@@H](Cc1cccc(C(=N)N)c1)[C@H](/C=C/c1ccccc1)NC(=O)c1ccc(-c2ccccc2C)cc1. The Labute approximate surface area is 235 Å². The van der Waals surface area contributed by atoms with E-state index in [1.54, 1.807) is 30.3 Å². The molecule has 0 spiro atoms. The smallest absolute Gasteiger partial charge is 0.311 e. The van der Waals surface area contributed by atoms with E-state index in [-0.39, 0.29) is 18.2 Å². The van der Waals surface area contributed by atoms with Gasteiger partial charge in [-0.2, -0.15) is 0 Å². The van der Waals surface area contributed by atoms with Gasteiger partial charge in [0, 0.05) is 11.1 Å². The Hall–Kier alpha value is -4.97. The van der Waals surface area contributed by atoms with Crippen LogP contribution in [0.1, 0.15) is 32.6 Å². The van der Waals surface area contributed by atoms with Crippen molar-refractivity contribution in [3.05, 3.63) is 137 Å². The van der Waals surface area contributed by atoms with Crippen LogP contribution >= 0.6 is 0 Å². The fourth-order valence-electron chi connectivity index (χ4n) is 4.62. The number of esters is 1. The van der Waals surface area contributed by atoms with E-state index < -0.39 is 17.9 Å². The van der Waals surface area contributed by atoms with E-state index in [0.717, 1.165) is 27.8 Å². The lowest BCUT2D eigenvalue weighted by Gasteiger charge is -2.24. The molecule has 4 aromatic carbocycles. The van der Waals surface area contributed by atoms with Gasteiger partial charge in [-0.3, -0.25) is 15.0 Å². The van der Waals surface area contributed by atoms with Gasteiger partial charge in [0.15, 0.2) is 0 Å². The molecule has 0 radical (unpaired) electrons. The van der Waals surface area contributed by atoms with Crippen molar-refractivity contribution in [3.8, 4) is 11.1 Å². The number of benzene rings is 4. The number of rotatable bonds is 10. The Bertz CT molecular complexity index is 1510. The molecular weight excluding hydrogens is 498 g/mol. The molecule has 0 aliphatic carbocycles. The van der Waals surface area contributed by atoms with E-state index in [2.05, 4.69) is 24.4 Å². The minimum absolute atomic E-state index is 0.0561. The highest BCUT2D eigenvalue weighted by atomic mass is 16.5. The molecule has 6 heteroatoms. The van der Waals surface area contributed by atoms with Crippen molar-refractivity contribution >= 4 is 23.8 Å². The van der Waals surface area contributed by atoms with Crippen molar-refractivity contribution in [2.75, 3.05) is 7.11 Å². The van der Waals surface area contributed by atoms with Crippen molar-refractivity contribution in [1.82, 2.24) is 5.32 Å². The molecule has 0 bridgehead atoms. The summed E-state index contributed by atoms with van der Waals surface area (Å²) in [7, 11) is 1.34. The third kappa shape index (κ3) is 7.11. The van der Waals surface area contributed by atoms with Crippen LogP contribution in [0.4, 0.5) is 0 Å². The normalized spacial score (nSPS) is 12.4. The molecule has 0 aliphatic heterocycles. The molecule has 0 unspecified atom stereocenters. The summed E-state index contributed by atoms with van der Waals surface area (Å²) in [5, 5.41) is 10.8. The quantitative estimate of drug-likeness (QED) is 0.137. The molecule has 4 rings (SSSR count). The number of carbonyl (C=O) groups excluding carboxylic acids is 2. The summed E-state index contributed by atoms with van der Waals surface area (Å²) in [5.41, 5.74) is 11.8. The lowest BCUT2D eigenvalue weighted by atomic mass is 9.90. The molecule has 202 valence electrons. The summed E-state index contributed by atoms with van der Waals surface area (Å²) in [4.78, 5) is 26.5. The first-order valence-electron chi connectivity index (χ1n) is 13.1. The summed E-state index contributed by atoms with van der Waals surface area (Å²) >= 11 is 0. The molecule has 6 nitrogen and oxygen atoms in total. The minimum atomic E-state index is -0.720. The van der Waals surface area contributed by atoms with Gasteiger partial charge in [0.25, 0.3) is 5.91 Å². The number of carbonyl (C=O) groups is 2. The van der Waals surface area contributed by atoms with Gasteiger partial charge in [-0.15, -0.1) is 0 Å². The van der Waals surface area contributed by atoms with Gasteiger partial charge in [0.05, 0.1) is 19.1 Å². The predicted octanol–water partition coefficient (Wildman–Crippen LogP) is 5.79. The van der Waals surface area contributed by atoms with Crippen LogP contribution in [0.25, 0.3) is 17.2 Å². The van der Waals surface area contributed by atoms with Crippen LogP contribution in [0.5, 0.6) is 0 Å². The van der Waals surface area contributed by atoms with Crippen molar-refractivity contribution in [1.29, 1.82) is 5.41 Å². The van der Waals surface area contributed by atoms with E-state index >= 15 is 0 Å². The van der Waals surface area contributed by atoms with Crippen molar-refractivity contribution in [2.24, 2.45) is 11.7 Å². The predicted molar refractivity (Wildman–Crippen MR) is 160 cm³/mol. The Balaban J connectivity index is 1.63. The van der Waals surface area contributed by atoms with Crippen LogP contribution in [0.15, 0.2) is 109 Å². The zero-order valence-corrected chi connectivity index (χ0v) is 22.6. The first-order chi connectivity index (χ1) is 19.4. The van der Waals surface area contributed by atoms with Gasteiger partial charge in [-0.05, 0) is 59.4 Å². The number of amides is 1. The maximum atomic E-state index is 13.5. The minimum Gasteiger partial charge on any atom is -0.469 e. The fraction of sp³-hybridized carbons (Fsp3) is 0.147. The molecule has 2 atom stereocenters. The van der Waals surface area contributed by atoms with Crippen LogP contribution in [-0.2, 0) is 16.0 Å². The number of nitrogens with two attached hydrogens (primary N) is 1. The van der Waals surface area contributed by atoms with E-state index in [4.69, 9.17) is 15.9 Å². The molecule has 0 saturated carbocycles. The highest BCUT2D eigenvalue weighted by Gasteiger charge is 2.30. The summed E-state index contributed by atoms with van der Waals surface area (Å²) in [5.74, 6) is -1.53. The van der Waals surface area contributed by atoms with Crippen LogP contribution in [0.3, 0.4) is 0 Å².